The Hall–Kier alpha value is -1.56. The molecule has 2 unspecified atom stereocenters. The summed E-state index contributed by atoms with van der Waals surface area (Å²) in [7, 11) is -3.32. The predicted molar refractivity (Wildman–Crippen MR) is 144 cm³/mol. The molecule has 0 bridgehead atoms. The number of benzene rings is 2. The third-order valence-corrected chi connectivity index (χ3v) is 9.31. The molecule has 1 fully saturated rings. The van der Waals surface area contributed by atoms with Crippen molar-refractivity contribution in [3.8, 4) is 0 Å². The molecule has 1 saturated heterocycles. The molecule has 1 aliphatic rings. The van der Waals surface area contributed by atoms with Crippen molar-refractivity contribution in [3.05, 3.63) is 68.2 Å². The smallest absolute Gasteiger partial charge is 0.351 e. The fourth-order valence-corrected chi connectivity index (χ4v) is 6.26. The first-order valence-corrected chi connectivity index (χ1v) is 14.8. The van der Waals surface area contributed by atoms with E-state index in [-0.39, 0.29) is 23.2 Å². The van der Waals surface area contributed by atoms with Gasteiger partial charge in [0, 0.05) is 32.2 Å². The van der Waals surface area contributed by atoms with Crippen molar-refractivity contribution in [1.29, 1.82) is 0 Å². The number of sulfonamides is 1. The van der Waals surface area contributed by atoms with Crippen LogP contribution in [0.1, 0.15) is 37.0 Å². The van der Waals surface area contributed by atoms with Crippen molar-refractivity contribution >= 4 is 50.7 Å². The van der Waals surface area contributed by atoms with Gasteiger partial charge in [0.15, 0.2) is 0 Å². The van der Waals surface area contributed by atoms with Crippen molar-refractivity contribution in [2.75, 3.05) is 32.4 Å². The standard InChI is InChI=1S/C25H29Cl3F3N3O3S/c1-16-15-33(10-11-34(16)38(3,36)37)9-8-24(2,18-5-7-21(27)22(28)13-18)23(35)32-14-17-4-6-20(26)19(12-17)25(29,30)31/h4-7,12-13,16H,8-11,14-15H2,1-3H3,(H,32,35). The normalized spacial score (nSPS) is 19.2. The maximum absolute atomic E-state index is 13.6. The molecule has 0 radical (unpaired) electrons. The average Bonchev–Trinajstić information content (AvgIpc) is 2.82. The Morgan fingerprint density at radius 3 is 2.29 bits per heavy atom. The van der Waals surface area contributed by atoms with Gasteiger partial charge < -0.3 is 10.2 Å². The Morgan fingerprint density at radius 2 is 1.71 bits per heavy atom. The van der Waals surface area contributed by atoms with Crippen LogP contribution in [0.2, 0.25) is 15.1 Å². The molecule has 210 valence electrons. The van der Waals surface area contributed by atoms with E-state index in [1.165, 1.54) is 16.6 Å². The SMILES string of the molecule is CC1CN(CCC(C)(C(=O)NCc2ccc(Cl)c(C(F)(F)F)c2)c2ccc(Cl)c(Cl)c2)CCN1S(C)(=O)=O. The summed E-state index contributed by atoms with van der Waals surface area (Å²) in [5.74, 6) is -0.401. The molecule has 0 aliphatic carbocycles. The van der Waals surface area contributed by atoms with Gasteiger partial charge in [-0.15, -0.1) is 0 Å². The van der Waals surface area contributed by atoms with E-state index in [9.17, 15) is 26.4 Å². The molecule has 1 N–H and O–H groups in total. The minimum Gasteiger partial charge on any atom is -0.351 e. The molecule has 2 aromatic carbocycles. The Balaban J connectivity index is 1.80. The van der Waals surface area contributed by atoms with Crippen LogP contribution in [-0.4, -0.2) is 62.0 Å². The van der Waals surface area contributed by atoms with Gasteiger partial charge in [-0.3, -0.25) is 4.79 Å². The number of carbonyl (C=O) groups excluding carboxylic acids is 1. The minimum atomic E-state index is -4.62. The lowest BCUT2D eigenvalue weighted by molar-refractivity contribution is -0.137. The number of amides is 1. The van der Waals surface area contributed by atoms with Crippen LogP contribution in [0.5, 0.6) is 0 Å². The molecule has 2 atom stereocenters. The first-order valence-electron chi connectivity index (χ1n) is 11.8. The van der Waals surface area contributed by atoms with Crippen molar-refractivity contribution < 1.29 is 26.4 Å². The third-order valence-electron chi connectivity index (χ3n) is 6.85. The minimum absolute atomic E-state index is 0.139. The average molecular weight is 615 g/mol. The summed E-state index contributed by atoms with van der Waals surface area (Å²) >= 11 is 18.0. The molecule has 2 aromatic rings. The van der Waals surface area contributed by atoms with Gasteiger partial charge in [-0.25, -0.2) is 8.42 Å². The fraction of sp³-hybridized carbons (Fsp3) is 0.480. The van der Waals surface area contributed by atoms with Crippen LogP contribution in [0, 0.1) is 0 Å². The van der Waals surface area contributed by atoms with Crippen LogP contribution < -0.4 is 5.32 Å². The van der Waals surface area contributed by atoms with Crippen molar-refractivity contribution in [3.63, 3.8) is 0 Å². The molecule has 1 heterocycles. The zero-order valence-electron chi connectivity index (χ0n) is 21.1. The molecule has 0 spiro atoms. The zero-order chi connectivity index (χ0) is 28.5. The van der Waals surface area contributed by atoms with E-state index >= 15 is 0 Å². The molecule has 0 saturated carbocycles. The largest absolute Gasteiger partial charge is 0.417 e. The lowest BCUT2D eigenvalue weighted by Crippen LogP contribution is -2.54. The van der Waals surface area contributed by atoms with Gasteiger partial charge in [0.2, 0.25) is 15.9 Å². The molecule has 38 heavy (non-hydrogen) atoms. The van der Waals surface area contributed by atoms with Gasteiger partial charge in [-0.1, -0.05) is 46.9 Å². The van der Waals surface area contributed by atoms with Gasteiger partial charge in [-0.05, 0) is 62.2 Å². The Bertz CT molecular complexity index is 1290. The molecule has 1 amide bonds. The maximum atomic E-state index is 13.6. The second kappa shape index (κ2) is 11.9. The van der Waals surface area contributed by atoms with Crippen molar-refractivity contribution in [1.82, 2.24) is 14.5 Å². The van der Waals surface area contributed by atoms with Crippen LogP contribution in [0.25, 0.3) is 0 Å². The van der Waals surface area contributed by atoms with Crippen LogP contribution >= 0.6 is 34.8 Å². The number of halogens is 6. The van der Waals surface area contributed by atoms with Gasteiger partial charge in [0.05, 0.1) is 32.3 Å². The number of rotatable bonds is 8. The first kappa shape index (κ1) is 31.0. The summed E-state index contributed by atoms with van der Waals surface area (Å²) in [6.45, 7) is 5.25. The van der Waals surface area contributed by atoms with E-state index in [2.05, 4.69) is 10.2 Å². The topological polar surface area (TPSA) is 69.7 Å². The number of carbonyl (C=O) groups is 1. The predicted octanol–water partition coefficient (Wildman–Crippen LogP) is 5.60. The van der Waals surface area contributed by atoms with Crippen LogP contribution in [-0.2, 0) is 33.0 Å². The number of hydrogen-bond donors (Lipinski definition) is 1. The van der Waals surface area contributed by atoms with Crippen LogP contribution in [0.4, 0.5) is 13.2 Å². The van der Waals surface area contributed by atoms with E-state index in [1.807, 2.05) is 6.92 Å². The molecule has 0 aromatic heterocycles. The zero-order valence-corrected chi connectivity index (χ0v) is 24.2. The summed E-state index contributed by atoms with van der Waals surface area (Å²) in [5.41, 5.74) is -1.23. The fourth-order valence-electron chi connectivity index (χ4n) is 4.60. The van der Waals surface area contributed by atoms with E-state index in [0.29, 0.717) is 43.2 Å². The van der Waals surface area contributed by atoms with Crippen LogP contribution in [0.15, 0.2) is 36.4 Å². The van der Waals surface area contributed by atoms with E-state index in [1.54, 1.807) is 25.1 Å². The molecule has 3 rings (SSSR count). The summed E-state index contributed by atoms with van der Waals surface area (Å²) in [4.78, 5) is 15.7. The maximum Gasteiger partial charge on any atom is 0.417 e. The Labute approximate surface area is 236 Å². The van der Waals surface area contributed by atoms with Crippen LogP contribution in [0.3, 0.4) is 0 Å². The highest BCUT2D eigenvalue weighted by Gasteiger charge is 2.38. The summed E-state index contributed by atoms with van der Waals surface area (Å²) in [5, 5.41) is 2.94. The molecule has 1 aliphatic heterocycles. The second-order valence-corrected chi connectivity index (χ2v) is 12.9. The van der Waals surface area contributed by atoms with Gasteiger partial charge in [0.1, 0.15) is 0 Å². The van der Waals surface area contributed by atoms with E-state index < -0.39 is 38.1 Å². The lowest BCUT2D eigenvalue weighted by Gasteiger charge is -2.40. The third kappa shape index (κ3) is 7.34. The first-order chi connectivity index (χ1) is 17.5. The highest BCUT2D eigenvalue weighted by molar-refractivity contribution is 7.88. The summed E-state index contributed by atoms with van der Waals surface area (Å²) in [6, 6.07) is 8.17. The summed E-state index contributed by atoms with van der Waals surface area (Å²) < 4.78 is 65.3. The van der Waals surface area contributed by atoms with Crippen molar-refractivity contribution in [2.24, 2.45) is 0 Å². The number of piperazine rings is 1. The molecule has 13 heteroatoms. The number of nitrogens with one attached hydrogen (secondary N) is 1. The van der Waals surface area contributed by atoms with E-state index in [0.717, 1.165) is 12.1 Å². The van der Waals surface area contributed by atoms with Crippen molar-refractivity contribution in [2.45, 2.75) is 44.4 Å². The van der Waals surface area contributed by atoms with E-state index in [4.69, 9.17) is 34.8 Å². The highest BCUT2D eigenvalue weighted by atomic mass is 35.5. The van der Waals surface area contributed by atoms with Gasteiger partial charge >= 0.3 is 6.18 Å². The lowest BCUT2D eigenvalue weighted by atomic mass is 9.78. The molecular weight excluding hydrogens is 586 g/mol. The molecular formula is C25H29Cl3F3N3O3S. The molecule has 6 nitrogen and oxygen atoms in total. The quantitative estimate of drug-likeness (QED) is 0.421. The Kier molecular flexibility index (Phi) is 9.70. The summed E-state index contributed by atoms with van der Waals surface area (Å²) in [6.07, 6.45) is -3.09. The van der Waals surface area contributed by atoms with Gasteiger partial charge in [0.25, 0.3) is 0 Å². The number of hydrogen-bond acceptors (Lipinski definition) is 4. The monoisotopic (exact) mass is 613 g/mol. The number of alkyl halides is 3. The second-order valence-electron chi connectivity index (χ2n) is 9.73. The van der Waals surface area contributed by atoms with Gasteiger partial charge in [-0.2, -0.15) is 17.5 Å². The Morgan fingerprint density at radius 1 is 1.05 bits per heavy atom. The highest BCUT2D eigenvalue weighted by Crippen LogP contribution is 2.36. The number of nitrogens with zero attached hydrogens (tertiary/aromatic N) is 2.